The summed E-state index contributed by atoms with van der Waals surface area (Å²) in [7, 11) is 0. The molecule has 0 aromatic heterocycles. The Morgan fingerprint density at radius 2 is 1.75 bits per heavy atom. The predicted molar refractivity (Wildman–Crippen MR) is 49.9 cm³/mol. The maximum atomic E-state index is 9.62. The Labute approximate surface area is 75.2 Å². The molecule has 0 spiro atoms. The van der Waals surface area contributed by atoms with Crippen LogP contribution in [0, 0.1) is 17.8 Å². The zero-order valence-corrected chi connectivity index (χ0v) is 8.00. The van der Waals surface area contributed by atoms with Gasteiger partial charge in [-0.3, -0.25) is 0 Å². The lowest BCUT2D eigenvalue weighted by atomic mass is 9.67. The van der Waals surface area contributed by atoms with Crippen molar-refractivity contribution in [2.75, 3.05) is 0 Å². The Kier molecular flexibility index (Phi) is 2.40. The second-order valence-electron chi connectivity index (χ2n) is 4.92. The average molecular weight is 168 g/mol. The highest BCUT2D eigenvalue weighted by atomic mass is 16.3. The molecule has 1 N–H and O–H groups in total. The van der Waals surface area contributed by atoms with Gasteiger partial charge in [0.15, 0.2) is 0 Å². The Morgan fingerprint density at radius 1 is 1.00 bits per heavy atom. The summed E-state index contributed by atoms with van der Waals surface area (Å²) >= 11 is 0. The van der Waals surface area contributed by atoms with Gasteiger partial charge in [-0.2, -0.15) is 0 Å². The molecule has 0 aromatic rings. The van der Waals surface area contributed by atoms with E-state index in [0.717, 1.165) is 30.6 Å². The van der Waals surface area contributed by atoms with E-state index in [1.807, 2.05) is 0 Å². The van der Waals surface area contributed by atoms with Crippen LogP contribution in [0.15, 0.2) is 0 Å². The predicted octanol–water partition coefficient (Wildman–Crippen LogP) is 2.58. The summed E-state index contributed by atoms with van der Waals surface area (Å²) < 4.78 is 0. The molecule has 12 heavy (non-hydrogen) atoms. The lowest BCUT2D eigenvalue weighted by molar-refractivity contribution is 0.0353. The van der Waals surface area contributed by atoms with Crippen molar-refractivity contribution in [3.8, 4) is 0 Å². The lowest BCUT2D eigenvalue weighted by Crippen LogP contribution is -2.32. The minimum absolute atomic E-state index is 0.0133. The molecule has 2 aliphatic rings. The van der Waals surface area contributed by atoms with Crippen molar-refractivity contribution in [2.45, 2.75) is 51.6 Å². The highest BCUT2D eigenvalue weighted by Gasteiger charge is 2.33. The first kappa shape index (κ1) is 8.55. The van der Waals surface area contributed by atoms with E-state index in [1.165, 1.54) is 25.7 Å². The molecular formula is C11H20O. The van der Waals surface area contributed by atoms with Gasteiger partial charge >= 0.3 is 0 Å². The van der Waals surface area contributed by atoms with E-state index in [2.05, 4.69) is 6.92 Å². The van der Waals surface area contributed by atoms with Crippen molar-refractivity contribution in [1.82, 2.24) is 0 Å². The van der Waals surface area contributed by atoms with Crippen LogP contribution in [-0.2, 0) is 0 Å². The fraction of sp³-hybridized carbons (Fsp3) is 1.00. The van der Waals surface area contributed by atoms with E-state index in [4.69, 9.17) is 0 Å². The molecule has 2 fully saturated rings. The summed E-state index contributed by atoms with van der Waals surface area (Å²) in [6, 6.07) is 0. The van der Waals surface area contributed by atoms with E-state index in [-0.39, 0.29) is 6.10 Å². The van der Waals surface area contributed by atoms with Crippen LogP contribution >= 0.6 is 0 Å². The van der Waals surface area contributed by atoms with E-state index < -0.39 is 0 Å². The normalized spacial score (nSPS) is 44.0. The second kappa shape index (κ2) is 3.37. The maximum absolute atomic E-state index is 9.62. The maximum Gasteiger partial charge on any atom is 0.0545 e. The van der Waals surface area contributed by atoms with E-state index in [0.29, 0.717) is 0 Å². The fourth-order valence-corrected chi connectivity index (χ4v) is 2.92. The Balaban J connectivity index is 1.87. The van der Waals surface area contributed by atoms with E-state index in [9.17, 15) is 5.11 Å². The summed E-state index contributed by atoms with van der Waals surface area (Å²) in [5.74, 6) is 2.60. The molecule has 2 rings (SSSR count). The lowest BCUT2D eigenvalue weighted by Gasteiger charge is -2.40. The fourth-order valence-electron chi connectivity index (χ4n) is 2.92. The first-order valence-corrected chi connectivity index (χ1v) is 5.43. The topological polar surface area (TPSA) is 20.2 Å². The van der Waals surface area contributed by atoms with Crippen molar-refractivity contribution in [2.24, 2.45) is 17.8 Å². The van der Waals surface area contributed by atoms with Gasteiger partial charge in [-0.15, -0.1) is 0 Å². The molecule has 0 amide bonds. The highest BCUT2D eigenvalue weighted by molar-refractivity contribution is 4.84. The first-order valence-electron chi connectivity index (χ1n) is 5.43. The zero-order valence-electron chi connectivity index (χ0n) is 8.00. The molecule has 1 nitrogen and oxygen atoms in total. The largest absolute Gasteiger partial charge is 0.393 e. The Morgan fingerprint density at radius 3 is 2.25 bits per heavy atom. The second-order valence-corrected chi connectivity index (χ2v) is 4.92. The summed E-state index contributed by atoms with van der Waals surface area (Å²) in [4.78, 5) is 0. The first-order chi connectivity index (χ1) is 5.75. The van der Waals surface area contributed by atoms with E-state index >= 15 is 0 Å². The van der Waals surface area contributed by atoms with Gasteiger partial charge in [0.25, 0.3) is 0 Å². The van der Waals surface area contributed by atoms with Gasteiger partial charge in [0.05, 0.1) is 6.10 Å². The van der Waals surface area contributed by atoms with Crippen LogP contribution in [0.3, 0.4) is 0 Å². The highest BCUT2D eigenvalue weighted by Crippen LogP contribution is 2.42. The molecule has 0 heterocycles. The van der Waals surface area contributed by atoms with Crippen LogP contribution in [0.1, 0.15) is 45.4 Å². The molecule has 3 atom stereocenters. The molecular weight excluding hydrogens is 148 g/mol. The number of aliphatic hydroxyl groups is 1. The summed E-state index contributed by atoms with van der Waals surface area (Å²) in [5, 5.41) is 9.62. The molecule has 0 saturated heterocycles. The van der Waals surface area contributed by atoms with E-state index in [1.54, 1.807) is 0 Å². The molecule has 2 aliphatic carbocycles. The molecule has 1 heteroatoms. The molecule has 0 radical (unpaired) electrons. The van der Waals surface area contributed by atoms with Crippen LogP contribution in [0.2, 0.25) is 0 Å². The molecule has 2 unspecified atom stereocenters. The Bertz CT molecular complexity index is 141. The van der Waals surface area contributed by atoms with Crippen LogP contribution in [-0.4, -0.2) is 11.2 Å². The van der Waals surface area contributed by atoms with Gasteiger partial charge in [0.1, 0.15) is 0 Å². The standard InChI is InChI=1S/C11H20O/c1-8-5-10(7-11(12)6-8)9-3-2-4-9/h8-12H,2-7H2,1H3/t8-,10?,11?/m0/s1. The van der Waals surface area contributed by atoms with Gasteiger partial charge < -0.3 is 5.11 Å². The van der Waals surface area contributed by atoms with Gasteiger partial charge in [-0.05, 0) is 37.0 Å². The van der Waals surface area contributed by atoms with Crippen molar-refractivity contribution < 1.29 is 5.11 Å². The SMILES string of the molecule is C[C@@H]1CC(O)CC(C2CCC2)C1. The molecule has 0 aliphatic heterocycles. The minimum Gasteiger partial charge on any atom is -0.393 e. The third-order valence-electron chi connectivity index (χ3n) is 3.77. The van der Waals surface area contributed by atoms with Crippen LogP contribution in [0.5, 0.6) is 0 Å². The molecule has 70 valence electrons. The van der Waals surface area contributed by atoms with Crippen molar-refractivity contribution in [1.29, 1.82) is 0 Å². The average Bonchev–Trinajstić information content (AvgIpc) is 1.79. The van der Waals surface area contributed by atoms with Gasteiger partial charge in [0.2, 0.25) is 0 Å². The van der Waals surface area contributed by atoms with Crippen molar-refractivity contribution >= 4 is 0 Å². The number of hydrogen-bond donors (Lipinski definition) is 1. The third-order valence-corrected chi connectivity index (χ3v) is 3.77. The monoisotopic (exact) mass is 168 g/mol. The zero-order chi connectivity index (χ0) is 8.55. The van der Waals surface area contributed by atoms with Crippen molar-refractivity contribution in [3.05, 3.63) is 0 Å². The third kappa shape index (κ3) is 1.66. The van der Waals surface area contributed by atoms with Crippen LogP contribution in [0.25, 0.3) is 0 Å². The number of rotatable bonds is 1. The van der Waals surface area contributed by atoms with Gasteiger partial charge in [-0.1, -0.05) is 26.2 Å². The Hall–Kier alpha value is -0.0400. The number of hydrogen-bond acceptors (Lipinski definition) is 1. The van der Waals surface area contributed by atoms with Gasteiger partial charge in [0, 0.05) is 0 Å². The van der Waals surface area contributed by atoms with Crippen LogP contribution in [0.4, 0.5) is 0 Å². The smallest absolute Gasteiger partial charge is 0.0545 e. The molecule has 0 bridgehead atoms. The number of aliphatic hydroxyl groups excluding tert-OH is 1. The van der Waals surface area contributed by atoms with Crippen LogP contribution < -0.4 is 0 Å². The minimum atomic E-state index is 0.0133. The molecule has 0 aromatic carbocycles. The quantitative estimate of drug-likeness (QED) is 0.638. The molecule has 2 saturated carbocycles. The summed E-state index contributed by atoms with van der Waals surface area (Å²) in [6.45, 7) is 2.29. The van der Waals surface area contributed by atoms with Gasteiger partial charge in [-0.25, -0.2) is 0 Å². The summed E-state index contributed by atoms with van der Waals surface area (Å²) in [5.41, 5.74) is 0. The van der Waals surface area contributed by atoms with Crippen molar-refractivity contribution in [3.63, 3.8) is 0 Å². The summed E-state index contributed by atoms with van der Waals surface area (Å²) in [6.07, 6.45) is 7.83.